The zero-order valence-corrected chi connectivity index (χ0v) is 11.7. The van der Waals surface area contributed by atoms with E-state index >= 15 is 0 Å². The molecule has 0 saturated carbocycles. The van der Waals surface area contributed by atoms with Gasteiger partial charge in [0.05, 0.1) is 6.61 Å². The number of aryl methyl sites for hydroxylation is 1. The van der Waals surface area contributed by atoms with Crippen LogP contribution in [0.5, 0.6) is 0 Å². The lowest BCUT2D eigenvalue weighted by molar-refractivity contribution is 0.204. The van der Waals surface area contributed by atoms with Crippen molar-refractivity contribution in [2.24, 2.45) is 5.73 Å². The van der Waals surface area contributed by atoms with Gasteiger partial charge in [0, 0.05) is 30.9 Å². The van der Waals surface area contributed by atoms with E-state index in [-0.39, 0.29) is 5.84 Å². The maximum absolute atomic E-state index is 7.49. The Kier molecular flexibility index (Phi) is 5.16. The van der Waals surface area contributed by atoms with E-state index in [0.717, 1.165) is 23.4 Å². The molecule has 100 valence electrons. The number of nitrogens with two attached hydrogens (primary N) is 1. The number of hydrogen-bond acceptors (Lipinski definition) is 3. The molecule has 0 saturated heterocycles. The molecule has 1 rings (SSSR count). The molecule has 0 fully saturated rings. The van der Waals surface area contributed by atoms with Gasteiger partial charge in [-0.3, -0.25) is 5.41 Å². The van der Waals surface area contributed by atoms with Crippen molar-refractivity contribution in [3.63, 3.8) is 0 Å². The summed E-state index contributed by atoms with van der Waals surface area (Å²) in [7, 11) is 1.71. The van der Waals surface area contributed by atoms with Gasteiger partial charge in [-0.2, -0.15) is 0 Å². The Morgan fingerprint density at radius 3 is 2.56 bits per heavy atom. The second-order valence-corrected chi connectivity index (χ2v) is 4.69. The molecular formula is C14H23N3O. The summed E-state index contributed by atoms with van der Waals surface area (Å²) in [5, 5.41) is 7.49. The molecule has 0 amide bonds. The SMILES string of the molecule is COCCN(c1ccc(C(=N)N)c(C)c1)C(C)C. The van der Waals surface area contributed by atoms with Gasteiger partial charge in [0.25, 0.3) is 0 Å². The highest BCUT2D eigenvalue weighted by Gasteiger charge is 2.12. The van der Waals surface area contributed by atoms with Gasteiger partial charge in [-0.1, -0.05) is 0 Å². The van der Waals surface area contributed by atoms with Gasteiger partial charge in [-0.25, -0.2) is 0 Å². The molecule has 0 bridgehead atoms. The molecule has 0 aromatic heterocycles. The van der Waals surface area contributed by atoms with E-state index in [4.69, 9.17) is 15.9 Å². The standard InChI is InChI=1S/C14H23N3O/c1-10(2)17(7-8-18-4)12-5-6-13(14(15)16)11(3)9-12/h5-6,9-10H,7-8H2,1-4H3,(H3,15,16). The number of nitrogen functional groups attached to an aromatic ring is 1. The lowest BCUT2D eigenvalue weighted by Crippen LogP contribution is -2.33. The molecule has 0 aliphatic carbocycles. The van der Waals surface area contributed by atoms with Crippen LogP contribution in [-0.4, -0.2) is 32.1 Å². The highest BCUT2D eigenvalue weighted by molar-refractivity contribution is 5.96. The van der Waals surface area contributed by atoms with Crippen molar-refractivity contribution in [2.75, 3.05) is 25.2 Å². The molecule has 1 aromatic carbocycles. The molecule has 0 atom stereocenters. The lowest BCUT2D eigenvalue weighted by atomic mass is 10.1. The zero-order valence-electron chi connectivity index (χ0n) is 11.7. The van der Waals surface area contributed by atoms with E-state index in [1.807, 2.05) is 19.1 Å². The van der Waals surface area contributed by atoms with E-state index in [0.29, 0.717) is 12.6 Å². The van der Waals surface area contributed by atoms with Gasteiger partial charge in [0.15, 0.2) is 0 Å². The van der Waals surface area contributed by atoms with Gasteiger partial charge in [-0.15, -0.1) is 0 Å². The largest absolute Gasteiger partial charge is 0.384 e. The minimum atomic E-state index is 0.118. The van der Waals surface area contributed by atoms with Crippen LogP contribution in [0.15, 0.2) is 18.2 Å². The number of nitrogens with zero attached hydrogens (tertiary/aromatic N) is 1. The molecule has 4 heteroatoms. The predicted octanol–water partition coefficient (Wildman–Crippen LogP) is 2.14. The maximum atomic E-state index is 7.49. The molecule has 0 unspecified atom stereocenters. The second kappa shape index (κ2) is 6.40. The third kappa shape index (κ3) is 3.47. The third-order valence-corrected chi connectivity index (χ3v) is 2.99. The summed E-state index contributed by atoms with van der Waals surface area (Å²) in [6.45, 7) is 7.85. The van der Waals surface area contributed by atoms with Crippen molar-refractivity contribution in [1.82, 2.24) is 0 Å². The fourth-order valence-electron chi connectivity index (χ4n) is 2.00. The average Bonchev–Trinajstić information content (AvgIpc) is 2.28. The molecule has 1 aromatic rings. The fraction of sp³-hybridized carbons (Fsp3) is 0.500. The van der Waals surface area contributed by atoms with Gasteiger partial charge < -0.3 is 15.4 Å². The summed E-state index contributed by atoms with van der Waals surface area (Å²) in [5.74, 6) is 0.118. The molecular weight excluding hydrogens is 226 g/mol. The Labute approximate surface area is 109 Å². The van der Waals surface area contributed by atoms with E-state index in [1.165, 1.54) is 0 Å². The molecule has 0 heterocycles. The van der Waals surface area contributed by atoms with Crippen LogP contribution in [0.25, 0.3) is 0 Å². The lowest BCUT2D eigenvalue weighted by Gasteiger charge is -2.29. The van der Waals surface area contributed by atoms with Crippen LogP contribution >= 0.6 is 0 Å². The van der Waals surface area contributed by atoms with Crippen LogP contribution < -0.4 is 10.6 Å². The molecule has 4 nitrogen and oxygen atoms in total. The van der Waals surface area contributed by atoms with Crippen molar-refractivity contribution < 1.29 is 4.74 Å². The number of benzene rings is 1. The number of nitrogens with one attached hydrogen (secondary N) is 1. The Hall–Kier alpha value is -1.55. The van der Waals surface area contributed by atoms with E-state index in [9.17, 15) is 0 Å². The number of ether oxygens (including phenoxy) is 1. The van der Waals surface area contributed by atoms with Crippen molar-refractivity contribution in [2.45, 2.75) is 26.8 Å². The zero-order chi connectivity index (χ0) is 13.7. The quantitative estimate of drug-likeness (QED) is 0.600. The predicted molar refractivity (Wildman–Crippen MR) is 76.6 cm³/mol. The van der Waals surface area contributed by atoms with Crippen LogP contribution in [-0.2, 0) is 4.74 Å². The summed E-state index contributed by atoms with van der Waals surface area (Å²) in [4.78, 5) is 2.28. The number of methoxy groups -OCH3 is 1. The van der Waals surface area contributed by atoms with E-state index < -0.39 is 0 Å². The van der Waals surface area contributed by atoms with Crippen LogP contribution in [0.2, 0.25) is 0 Å². The van der Waals surface area contributed by atoms with Crippen molar-refractivity contribution in [1.29, 1.82) is 5.41 Å². The van der Waals surface area contributed by atoms with Gasteiger partial charge in [0.2, 0.25) is 0 Å². The Morgan fingerprint density at radius 2 is 2.11 bits per heavy atom. The molecule has 0 spiro atoms. The highest BCUT2D eigenvalue weighted by atomic mass is 16.5. The summed E-state index contributed by atoms with van der Waals surface area (Å²) in [6, 6.07) is 6.41. The second-order valence-electron chi connectivity index (χ2n) is 4.69. The Bertz CT molecular complexity index is 416. The minimum absolute atomic E-state index is 0.118. The summed E-state index contributed by atoms with van der Waals surface area (Å²) in [6.07, 6.45) is 0. The number of rotatable bonds is 6. The number of amidine groups is 1. The summed E-state index contributed by atoms with van der Waals surface area (Å²) < 4.78 is 5.14. The fourth-order valence-corrected chi connectivity index (χ4v) is 2.00. The van der Waals surface area contributed by atoms with Crippen LogP contribution in [0.3, 0.4) is 0 Å². The Balaban J connectivity index is 2.99. The molecule has 18 heavy (non-hydrogen) atoms. The topological polar surface area (TPSA) is 62.3 Å². The number of anilines is 1. The minimum Gasteiger partial charge on any atom is -0.384 e. The van der Waals surface area contributed by atoms with Crippen molar-refractivity contribution in [3.05, 3.63) is 29.3 Å². The summed E-state index contributed by atoms with van der Waals surface area (Å²) >= 11 is 0. The number of hydrogen-bond donors (Lipinski definition) is 2. The van der Waals surface area contributed by atoms with Gasteiger partial charge >= 0.3 is 0 Å². The smallest absolute Gasteiger partial charge is 0.123 e. The molecule has 0 aliphatic heterocycles. The van der Waals surface area contributed by atoms with E-state index in [2.05, 4.69) is 24.8 Å². The van der Waals surface area contributed by atoms with Crippen molar-refractivity contribution in [3.8, 4) is 0 Å². The average molecular weight is 249 g/mol. The molecule has 3 N–H and O–H groups in total. The van der Waals surface area contributed by atoms with E-state index in [1.54, 1.807) is 7.11 Å². The normalized spacial score (nSPS) is 10.7. The molecule has 0 aliphatic rings. The van der Waals surface area contributed by atoms with Crippen LogP contribution in [0, 0.1) is 12.3 Å². The first-order valence-corrected chi connectivity index (χ1v) is 6.18. The maximum Gasteiger partial charge on any atom is 0.123 e. The first-order chi connectivity index (χ1) is 8.47. The third-order valence-electron chi connectivity index (χ3n) is 2.99. The Morgan fingerprint density at radius 1 is 1.44 bits per heavy atom. The first-order valence-electron chi connectivity index (χ1n) is 6.18. The van der Waals surface area contributed by atoms with Crippen molar-refractivity contribution >= 4 is 11.5 Å². The molecule has 0 radical (unpaired) electrons. The van der Waals surface area contributed by atoms with Gasteiger partial charge in [-0.05, 0) is 44.5 Å². The van der Waals surface area contributed by atoms with Crippen LogP contribution in [0.4, 0.5) is 5.69 Å². The monoisotopic (exact) mass is 249 g/mol. The highest BCUT2D eigenvalue weighted by Crippen LogP contribution is 2.21. The van der Waals surface area contributed by atoms with Gasteiger partial charge in [0.1, 0.15) is 5.84 Å². The van der Waals surface area contributed by atoms with Crippen LogP contribution in [0.1, 0.15) is 25.0 Å². The first kappa shape index (κ1) is 14.5. The summed E-state index contributed by atoms with van der Waals surface area (Å²) in [5.41, 5.74) is 8.50.